The van der Waals surface area contributed by atoms with Crippen molar-refractivity contribution in [3.8, 4) is 5.75 Å². The Morgan fingerprint density at radius 2 is 1.79 bits per heavy atom. The summed E-state index contributed by atoms with van der Waals surface area (Å²) in [5, 5.41) is 4.13. The number of hydrogen-bond acceptors (Lipinski definition) is 3. The number of halogens is 2. The Balaban J connectivity index is 1.34. The number of aryl methyl sites for hydroxylation is 1. The molecule has 1 N–H and O–H groups in total. The van der Waals surface area contributed by atoms with Gasteiger partial charge < -0.3 is 14.6 Å². The molecule has 0 atom stereocenters. The van der Waals surface area contributed by atoms with Crippen molar-refractivity contribution in [3.05, 3.63) is 94.2 Å². The number of fused-ring (bicyclic) bond motifs is 1. The van der Waals surface area contributed by atoms with Crippen LogP contribution in [0.15, 0.2) is 72.8 Å². The lowest BCUT2D eigenvalue weighted by Gasteiger charge is -2.11. The van der Waals surface area contributed by atoms with Crippen molar-refractivity contribution in [1.82, 2.24) is 14.9 Å². The molecule has 3 aromatic carbocycles. The minimum absolute atomic E-state index is 0.142. The van der Waals surface area contributed by atoms with Crippen LogP contribution in [0, 0.1) is 0 Å². The first-order chi connectivity index (χ1) is 16.1. The number of nitrogens with zero attached hydrogens (tertiary/aromatic N) is 2. The Bertz CT molecular complexity index is 1240. The zero-order chi connectivity index (χ0) is 23.0. The van der Waals surface area contributed by atoms with Gasteiger partial charge in [0.1, 0.15) is 11.6 Å². The zero-order valence-electron chi connectivity index (χ0n) is 18.1. The maximum absolute atomic E-state index is 12.4. The molecule has 1 heterocycles. The Morgan fingerprint density at radius 1 is 0.970 bits per heavy atom. The smallest absolute Gasteiger partial charge is 0.251 e. The largest absolute Gasteiger partial charge is 0.492 e. The van der Waals surface area contributed by atoms with Gasteiger partial charge in [-0.25, -0.2) is 4.98 Å². The molecular weight excluding hydrogens is 457 g/mol. The molecule has 0 aliphatic carbocycles. The van der Waals surface area contributed by atoms with Crippen LogP contribution < -0.4 is 10.1 Å². The number of hydrogen-bond donors (Lipinski definition) is 1. The van der Waals surface area contributed by atoms with E-state index in [0.717, 1.165) is 36.2 Å². The van der Waals surface area contributed by atoms with E-state index in [9.17, 15) is 4.79 Å². The van der Waals surface area contributed by atoms with Gasteiger partial charge in [-0.15, -0.1) is 0 Å². The third-order valence-electron chi connectivity index (χ3n) is 5.32. The number of imidazole rings is 1. The highest BCUT2D eigenvalue weighted by Gasteiger charge is 2.12. The molecule has 0 saturated carbocycles. The van der Waals surface area contributed by atoms with E-state index in [1.165, 1.54) is 0 Å². The molecule has 0 spiro atoms. The monoisotopic (exact) mass is 481 g/mol. The minimum Gasteiger partial charge on any atom is -0.492 e. The minimum atomic E-state index is -0.142. The van der Waals surface area contributed by atoms with E-state index in [4.69, 9.17) is 32.9 Å². The van der Waals surface area contributed by atoms with Crippen LogP contribution in [0.4, 0.5) is 0 Å². The maximum Gasteiger partial charge on any atom is 0.251 e. The molecule has 5 nitrogen and oxygen atoms in total. The number of nitrogens with one attached hydrogen (secondary N) is 1. The van der Waals surface area contributed by atoms with Crippen LogP contribution in [0.1, 0.15) is 29.0 Å². The highest BCUT2D eigenvalue weighted by molar-refractivity contribution is 6.32. The van der Waals surface area contributed by atoms with E-state index in [2.05, 4.69) is 16.0 Å². The molecule has 0 saturated heterocycles. The van der Waals surface area contributed by atoms with Gasteiger partial charge in [-0.05, 0) is 55.3 Å². The van der Waals surface area contributed by atoms with Crippen molar-refractivity contribution >= 4 is 40.1 Å². The summed E-state index contributed by atoms with van der Waals surface area (Å²) >= 11 is 12.1. The first kappa shape index (κ1) is 23.1. The Labute approximate surface area is 203 Å². The molecule has 0 aliphatic rings. The highest BCUT2D eigenvalue weighted by Crippen LogP contribution is 2.23. The molecule has 4 aromatic rings. The van der Waals surface area contributed by atoms with Gasteiger partial charge in [0.25, 0.3) is 5.91 Å². The summed E-state index contributed by atoms with van der Waals surface area (Å²) in [6, 6.07) is 22.5. The molecule has 4 rings (SSSR count). The van der Waals surface area contributed by atoms with Crippen LogP contribution >= 0.6 is 23.2 Å². The van der Waals surface area contributed by atoms with Gasteiger partial charge in [0.2, 0.25) is 0 Å². The number of ether oxygens (including phenoxy) is 1. The van der Waals surface area contributed by atoms with E-state index >= 15 is 0 Å². The molecule has 170 valence electrons. The topological polar surface area (TPSA) is 56.2 Å². The Morgan fingerprint density at radius 3 is 2.64 bits per heavy atom. The fourth-order valence-electron chi connectivity index (χ4n) is 3.70. The number of para-hydroxylation sites is 3. The van der Waals surface area contributed by atoms with Crippen LogP contribution in [0.5, 0.6) is 5.75 Å². The van der Waals surface area contributed by atoms with Crippen molar-refractivity contribution in [3.63, 3.8) is 0 Å². The summed E-state index contributed by atoms with van der Waals surface area (Å²) in [5.41, 5.74) is 2.61. The number of carbonyl (C=O) groups excluding carboxylic acids is 1. The molecule has 7 heteroatoms. The van der Waals surface area contributed by atoms with Gasteiger partial charge in [0, 0.05) is 30.1 Å². The Hall–Kier alpha value is -3.02. The van der Waals surface area contributed by atoms with E-state index in [1.54, 1.807) is 24.3 Å². The fourth-order valence-corrected chi connectivity index (χ4v) is 4.08. The molecule has 0 unspecified atom stereocenters. The quantitative estimate of drug-likeness (QED) is 0.275. The third-order valence-corrected chi connectivity index (χ3v) is 5.87. The van der Waals surface area contributed by atoms with Crippen LogP contribution in [-0.4, -0.2) is 28.6 Å². The number of unbranched alkanes of at least 4 members (excludes halogenated alkanes) is 1. The molecule has 33 heavy (non-hydrogen) atoms. The van der Waals surface area contributed by atoms with E-state index in [0.29, 0.717) is 40.9 Å². The van der Waals surface area contributed by atoms with Crippen LogP contribution in [0.25, 0.3) is 11.0 Å². The fraction of sp³-hybridized carbons (Fsp3) is 0.231. The molecule has 0 radical (unpaired) electrons. The van der Waals surface area contributed by atoms with Gasteiger partial charge in [-0.1, -0.05) is 53.5 Å². The maximum atomic E-state index is 12.4. The average Bonchev–Trinajstić information content (AvgIpc) is 3.17. The number of aromatic nitrogens is 2. The first-order valence-electron chi connectivity index (χ1n) is 11.0. The van der Waals surface area contributed by atoms with Gasteiger partial charge in [0.05, 0.1) is 22.7 Å². The molecular formula is C26H25Cl2N3O2. The second kappa shape index (κ2) is 11.2. The van der Waals surface area contributed by atoms with Gasteiger partial charge in [-0.3, -0.25) is 4.79 Å². The summed E-state index contributed by atoms with van der Waals surface area (Å²) < 4.78 is 8.03. The predicted molar refractivity (Wildman–Crippen MR) is 133 cm³/mol. The van der Waals surface area contributed by atoms with Gasteiger partial charge >= 0.3 is 0 Å². The van der Waals surface area contributed by atoms with E-state index in [-0.39, 0.29) is 5.91 Å². The summed E-state index contributed by atoms with van der Waals surface area (Å²) in [6.07, 6.45) is 2.46. The lowest BCUT2D eigenvalue weighted by molar-refractivity contribution is 0.0954. The molecule has 0 fully saturated rings. The summed E-state index contributed by atoms with van der Waals surface area (Å²) in [6.45, 7) is 1.91. The molecule has 1 amide bonds. The lowest BCUT2D eigenvalue weighted by Crippen LogP contribution is -2.26. The zero-order valence-corrected chi connectivity index (χ0v) is 19.6. The highest BCUT2D eigenvalue weighted by atomic mass is 35.5. The summed E-state index contributed by atoms with van der Waals surface area (Å²) in [5.74, 6) is 1.52. The number of benzene rings is 3. The standard InChI is InChI=1S/C26H25Cl2N3O2/c27-20-9-7-8-19(18-20)26(32)29-15-14-25-30-22-11-2-3-12-23(22)31(25)16-5-6-17-33-24-13-4-1-10-21(24)28/h1-4,7-13,18H,5-6,14-17H2,(H,29,32). The Kier molecular flexibility index (Phi) is 7.87. The van der Waals surface area contributed by atoms with E-state index < -0.39 is 0 Å². The van der Waals surface area contributed by atoms with Crippen LogP contribution in [0.2, 0.25) is 10.0 Å². The average molecular weight is 482 g/mol. The predicted octanol–water partition coefficient (Wildman–Crippen LogP) is 6.17. The van der Waals surface area contributed by atoms with Crippen LogP contribution in [-0.2, 0) is 13.0 Å². The first-order valence-corrected chi connectivity index (χ1v) is 11.7. The molecule has 0 aliphatic heterocycles. The van der Waals surface area contributed by atoms with Crippen molar-refractivity contribution < 1.29 is 9.53 Å². The summed E-state index contributed by atoms with van der Waals surface area (Å²) in [4.78, 5) is 17.2. The van der Waals surface area contributed by atoms with Crippen molar-refractivity contribution in [2.45, 2.75) is 25.8 Å². The summed E-state index contributed by atoms with van der Waals surface area (Å²) in [7, 11) is 0. The normalized spacial score (nSPS) is 11.0. The SMILES string of the molecule is O=C(NCCc1nc2ccccc2n1CCCCOc1ccccc1Cl)c1cccc(Cl)c1. The van der Waals surface area contributed by atoms with Crippen molar-refractivity contribution in [2.24, 2.45) is 0 Å². The molecule has 0 bridgehead atoms. The number of rotatable bonds is 10. The van der Waals surface area contributed by atoms with Crippen molar-refractivity contribution in [1.29, 1.82) is 0 Å². The second-order valence-corrected chi connectivity index (χ2v) is 8.51. The second-order valence-electron chi connectivity index (χ2n) is 7.67. The van der Waals surface area contributed by atoms with Crippen LogP contribution in [0.3, 0.4) is 0 Å². The molecule has 1 aromatic heterocycles. The van der Waals surface area contributed by atoms with Crippen molar-refractivity contribution in [2.75, 3.05) is 13.2 Å². The lowest BCUT2D eigenvalue weighted by atomic mass is 10.2. The number of carbonyl (C=O) groups is 1. The third kappa shape index (κ3) is 6.06. The van der Waals surface area contributed by atoms with E-state index in [1.807, 2.05) is 42.5 Å². The van der Waals surface area contributed by atoms with Gasteiger partial charge in [-0.2, -0.15) is 0 Å². The van der Waals surface area contributed by atoms with Gasteiger partial charge in [0.15, 0.2) is 0 Å². The number of amides is 1.